The van der Waals surface area contributed by atoms with Gasteiger partial charge in [-0.3, -0.25) is 4.79 Å². The number of Topliss-reactive ketones (excluding diaryl/α,β-unsaturated/α-hetero) is 1. The molecule has 0 amide bonds. The molecule has 2 aromatic carbocycles. The first-order chi connectivity index (χ1) is 9.74. The molecule has 20 heavy (non-hydrogen) atoms. The van der Waals surface area contributed by atoms with Crippen molar-refractivity contribution in [2.75, 3.05) is 0 Å². The van der Waals surface area contributed by atoms with Crippen LogP contribution in [0.15, 0.2) is 48.8 Å². The van der Waals surface area contributed by atoms with Gasteiger partial charge < -0.3 is 0 Å². The van der Waals surface area contributed by atoms with Crippen LogP contribution in [0.1, 0.15) is 17.3 Å². The fraction of sp³-hybridized carbons (Fsp3) is 0.200. The van der Waals surface area contributed by atoms with Crippen LogP contribution in [-0.2, 0) is 6.54 Å². The predicted octanol–water partition coefficient (Wildman–Crippen LogP) is 2.35. The van der Waals surface area contributed by atoms with Crippen LogP contribution in [0, 0.1) is 5.92 Å². The summed E-state index contributed by atoms with van der Waals surface area (Å²) < 4.78 is 1.57. The molecule has 1 aromatic heterocycles. The predicted molar refractivity (Wildman–Crippen MR) is 75.3 cm³/mol. The van der Waals surface area contributed by atoms with Crippen LogP contribution in [-0.4, -0.2) is 26.0 Å². The number of benzene rings is 2. The Kier molecular flexibility index (Phi) is 3.25. The number of ketones is 1. The summed E-state index contributed by atoms with van der Waals surface area (Å²) in [5.41, 5.74) is 0.726. The lowest BCUT2D eigenvalue weighted by molar-refractivity contribution is 0.0915. The van der Waals surface area contributed by atoms with Crippen molar-refractivity contribution in [1.82, 2.24) is 20.2 Å². The Labute approximate surface area is 116 Å². The third kappa shape index (κ3) is 2.42. The minimum Gasteiger partial charge on any atom is -0.294 e. The number of carbonyl (C=O) groups is 1. The van der Waals surface area contributed by atoms with Crippen molar-refractivity contribution in [1.29, 1.82) is 0 Å². The molecule has 100 valence electrons. The minimum absolute atomic E-state index is 0.103. The summed E-state index contributed by atoms with van der Waals surface area (Å²) in [7, 11) is 0. The smallest absolute Gasteiger partial charge is 0.167 e. The first-order valence-corrected chi connectivity index (χ1v) is 6.48. The largest absolute Gasteiger partial charge is 0.294 e. The Morgan fingerprint density at radius 1 is 1.20 bits per heavy atom. The van der Waals surface area contributed by atoms with Crippen LogP contribution in [0.5, 0.6) is 0 Å². The lowest BCUT2D eigenvalue weighted by atomic mass is 9.97. The molecule has 1 heterocycles. The Balaban J connectivity index is 1.84. The average molecular weight is 266 g/mol. The van der Waals surface area contributed by atoms with Gasteiger partial charge in [-0.15, -0.1) is 5.10 Å². The highest BCUT2D eigenvalue weighted by molar-refractivity contribution is 6.01. The van der Waals surface area contributed by atoms with Crippen molar-refractivity contribution in [2.24, 2.45) is 5.92 Å². The standard InChI is InChI=1S/C15H14N4O/c1-11(9-19-10-16-17-18-19)15(20)14-7-6-12-4-2-3-5-13(12)8-14/h2-8,10-11H,9H2,1H3. The molecular formula is C15H14N4O. The van der Waals surface area contributed by atoms with E-state index in [9.17, 15) is 4.79 Å². The first kappa shape index (κ1) is 12.5. The van der Waals surface area contributed by atoms with Crippen molar-refractivity contribution in [3.63, 3.8) is 0 Å². The highest BCUT2D eigenvalue weighted by atomic mass is 16.1. The summed E-state index contributed by atoms with van der Waals surface area (Å²) in [6, 6.07) is 13.8. The van der Waals surface area contributed by atoms with Crippen LogP contribution in [0.2, 0.25) is 0 Å². The zero-order valence-corrected chi connectivity index (χ0v) is 11.1. The second-order valence-corrected chi connectivity index (χ2v) is 4.86. The van der Waals surface area contributed by atoms with E-state index in [-0.39, 0.29) is 11.7 Å². The highest BCUT2D eigenvalue weighted by Crippen LogP contribution is 2.18. The maximum Gasteiger partial charge on any atom is 0.167 e. The van der Waals surface area contributed by atoms with Gasteiger partial charge in [-0.05, 0) is 27.3 Å². The summed E-state index contributed by atoms with van der Waals surface area (Å²) in [6.07, 6.45) is 1.52. The lowest BCUT2D eigenvalue weighted by Gasteiger charge is -2.10. The molecule has 5 nitrogen and oxygen atoms in total. The van der Waals surface area contributed by atoms with Crippen molar-refractivity contribution >= 4 is 16.6 Å². The van der Waals surface area contributed by atoms with E-state index in [1.165, 1.54) is 6.33 Å². The zero-order valence-electron chi connectivity index (χ0n) is 11.1. The van der Waals surface area contributed by atoms with Gasteiger partial charge in [0, 0.05) is 11.5 Å². The second-order valence-electron chi connectivity index (χ2n) is 4.86. The van der Waals surface area contributed by atoms with Crippen molar-refractivity contribution in [2.45, 2.75) is 13.5 Å². The van der Waals surface area contributed by atoms with E-state index in [4.69, 9.17) is 0 Å². The third-order valence-corrected chi connectivity index (χ3v) is 3.33. The Hall–Kier alpha value is -2.56. The normalized spacial score (nSPS) is 12.4. The fourth-order valence-corrected chi connectivity index (χ4v) is 2.25. The van der Waals surface area contributed by atoms with Gasteiger partial charge in [0.1, 0.15) is 6.33 Å². The zero-order chi connectivity index (χ0) is 13.9. The molecule has 5 heteroatoms. The van der Waals surface area contributed by atoms with Crippen LogP contribution >= 0.6 is 0 Å². The Morgan fingerprint density at radius 3 is 2.75 bits per heavy atom. The highest BCUT2D eigenvalue weighted by Gasteiger charge is 2.16. The SMILES string of the molecule is CC(Cn1cnnn1)C(=O)c1ccc2ccccc2c1. The molecular weight excluding hydrogens is 252 g/mol. The molecule has 1 unspecified atom stereocenters. The molecule has 3 rings (SSSR count). The quantitative estimate of drug-likeness (QED) is 0.680. The van der Waals surface area contributed by atoms with Crippen LogP contribution in [0.4, 0.5) is 0 Å². The molecule has 0 aliphatic carbocycles. The third-order valence-electron chi connectivity index (χ3n) is 3.33. The summed E-state index contributed by atoms with van der Waals surface area (Å²) in [5.74, 6) is -0.0640. The van der Waals surface area contributed by atoms with Crippen molar-refractivity contribution in [3.8, 4) is 0 Å². The Morgan fingerprint density at radius 2 is 2.00 bits per heavy atom. The van der Waals surface area contributed by atoms with E-state index in [1.54, 1.807) is 4.68 Å². The molecule has 0 fully saturated rings. The molecule has 0 N–H and O–H groups in total. The number of hydrogen-bond donors (Lipinski definition) is 0. The van der Waals surface area contributed by atoms with Crippen molar-refractivity contribution in [3.05, 3.63) is 54.4 Å². The maximum atomic E-state index is 12.4. The molecule has 3 aromatic rings. The molecule has 0 bridgehead atoms. The number of carbonyl (C=O) groups excluding carboxylic acids is 1. The molecule has 0 aliphatic rings. The van der Waals surface area contributed by atoms with Gasteiger partial charge in [0.05, 0.1) is 6.54 Å². The van der Waals surface area contributed by atoms with E-state index in [1.807, 2.05) is 49.4 Å². The molecule has 0 aliphatic heterocycles. The number of aromatic nitrogens is 4. The minimum atomic E-state index is -0.167. The van der Waals surface area contributed by atoms with E-state index in [2.05, 4.69) is 15.5 Å². The average Bonchev–Trinajstić information content (AvgIpc) is 2.99. The van der Waals surface area contributed by atoms with Gasteiger partial charge in [-0.25, -0.2) is 4.68 Å². The van der Waals surface area contributed by atoms with Crippen LogP contribution < -0.4 is 0 Å². The van der Waals surface area contributed by atoms with Gasteiger partial charge in [-0.1, -0.05) is 43.3 Å². The van der Waals surface area contributed by atoms with Gasteiger partial charge in [0.2, 0.25) is 0 Å². The molecule has 0 saturated heterocycles. The summed E-state index contributed by atoms with van der Waals surface area (Å²) >= 11 is 0. The lowest BCUT2D eigenvalue weighted by Crippen LogP contribution is -2.18. The topological polar surface area (TPSA) is 60.7 Å². The number of tetrazole rings is 1. The number of hydrogen-bond acceptors (Lipinski definition) is 4. The molecule has 0 radical (unpaired) electrons. The van der Waals surface area contributed by atoms with Crippen LogP contribution in [0.3, 0.4) is 0 Å². The second kappa shape index (κ2) is 5.21. The molecule has 1 atom stereocenters. The monoisotopic (exact) mass is 266 g/mol. The van der Waals surface area contributed by atoms with Gasteiger partial charge >= 0.3 is 0 Å². The maximum absolute atomic E-state index is 12.4. The summed E-state index contributed by atoms with van der Waals surface area (Å²) in [6.45, 7) is 2.37. The van der Waals surface area contributed by atoms with Crippen LogP contribution in [0.25, 0.3) is 10.8 Å². The van der Waals surface area contributed by atoms with E-state index in [0.29, 0.717) is 6.54 Å². The van der Waals surface area contributed by atoms with Crippen molar-refractivity contribution < 1.29 is 4.79 Å². The van der Waals surface area contributed by atoms with Gasteiger partial charge in [0.25, 0.3) is 0 Å². The van der Waals surface area contributed by atoms with E-state index in [0.717, 1.165) is 16.3 Å². The molecule has 0 spiro atoms. The first-order valence-electron chi connectivity index (χ1n) is 6.48. The van der Waals surface area contributed by atoms with Gasteiger partial charge in [-0.2, -0.15) is 0 Å². The summed E-state index contributed by atoms with van der Waals surface area (Å²) in [4.78, 5) is 12.4. The fourth-order valence-electron chi connectivity index (χ4n) is 2.25. The van der Waals surface area contributed by atoms with Gasteiger partial charge in [0.15, 0.2) is 5.78 Å². The number of fused-ring (bicyclic) bond motifs is 1. The summed E-state index contributed by atoms with van der Waals surface area (Å²) in [5, 5.41) is 13.1. The number of rotatable bonds is 4. The van der Waals surface area contributed by atoms with E-state index < -0.39 is 0 Å². The van der Waals surface area contributed by atoms with E-state index >= 15 is 0 Å². The number of nitrogens with zero attached hydrogens (tertiary/aromatic N) is 4. The Bertz CT molecular complexity index is 736. The molecule has 0 saturated carbocycles.